The molecule has 0 bridgehead atoms. The van der Waals surface area contributed by atoms with Gasteiger partial charge in [-0.3, -0.25) is 8.98 Å². The van der Waals surface area contributed by atoms with Crippen molar-refractivity contribution < 1.29 is 22.1 Å². The highest BCUT2D eigenvalue weighted by molar-refractivity contribution is 7.85. The Hall–Kier alpha value is -2.97. The summed E-state index contributed by atoms with van der Waals surface area (Å²) >= 11 is 0. The van der Waals surface area contributed by atoms with E-state index >= 15 is 0 Å². The lowest BCUT2D eigenvalue weighted by atomic mass is 10.0. The summed E-state index contributed by atoms with van der Waals surface area (Å²) < 4.78 is 33.1. The smallest absolute Gasteiger partial charge is 0.264 e. The second-order valence-corrected chi connectivity index (χ2v) is 9.82. The van der Waals surface area contributed by atoms with Crippen LogP contribution < -0.4 is 10.1 Å². The first kappa shape index (κ1) is 22.2. The van der Waals surface area contributed by atoms with Crippen molar-refractivity contribution in [1.29, 1.82) is 0 Å². The molecular formula is C24H26N2O5S. The lowest BCUT2D eigenvalue weighted by molar-refractivity contribution is 0.0940. The van der Waals surface area contributed by atoms with E-state index < -0.39 is 10.1 Å². The van der Waals surface area contributed by atoms with Crippen molar-refractivity contribution >= 4 is 26.9 Å². The van der Waals surface area contributed by atoms with E-state index in [9.17, 15) is 13.2 Å². The van der Waals surface area contributed by atoms with Gasteiger partial charge in [-0.05, 0) is 56.2 Å². The van der Waals surface area contributed by atoms with Gasteiger partial charge in [-0.2, -0.15) is 8.42 Å². The van der Waals surface area contributed by atoms with E-state index in [1.165, 1.54) is 0 Å². The minimum absolute atomic E-state index is 0.0840. The number of carbonyl (C=O) groups excluding carboxylic acids is 1. The fraction of sp³-hybridized carbons (Fsp3) is 0.333. The third-order valence-electron chi connectivity index (χ3n) is 5.58. The predicted molar refractivity (Wildman–Crippen MR) is 123 cm³/mol. The minimum atomic E-state index is -3.51. The zero-order valence-electron chi connectivity index (χ0n) is 18.1. The van der Waals surface area contributed by atoms with Crippen molar-refractivity contribution in [1.82, 2.24) is 10.3 Å². The predicted octanol–water partition coefficient (Wildman–Crippen LogP) is 3.79. The Labute approximate surface area is 187 Å². The fourth-order valence-corrected chi connectivity index (χ4v) is 4.01. The first-order valence-electron chi connectivity index (χ1n) is 10.5. The number of para-hydroxylation sites is 1. The van der Waals surface area contributed by atoms with E-state index in [-0.39, 0.29) is 17.9 Å². The van der Waals surface area contributed by atoms with E-state index in [1.54, 1.807) is 6.07 Å². The summed E-state index contributed by atoms with van der Waals surface area (Å²) in [6.45, 7) is 2.97. The number of ether oxygens (including phenoxy) is 1. The van der Waals surface area contributed by atoms with E-state index in [4.69, 9.17) is 13.9 Å². The molecule has 1 fully saturated rings. The standard InChI is InChI=1S/C24H26N2O5S/c1-3-30-18-10-8-17(9-11-18)22-14-20(19-6-4-5-7-21(19)26-22)23(27)25-15-24(12-13-24)16-31-32(2,28)29/h4-11,14H,3,12-13,15-16H2,1-2H3,(H,25,27). The number of nitrogens with one attached hydrogen (secondary N) is 1. The number of hydrogen-bond donors (Lipinski definition) is 1. The molecule has 1 aromatic heterocycles. The molecule has 0 spiro atoms. The molecule has 1 heterocycles. The monoisotopic (exact) mass is 454 g/mol. The Morgan fingerprint density at radius 3 is 2.50 bits per heavy atom. The summed E-state index contributed by atoms with van der Waals surface area (Å²) in [5.74, 6) is 0.558. The van der Waals surface area contributed by atoms with Crippen LogP contribution in [-0.2, 0) is 14.3 Å². The molecule has 1 aliphatic rings. The summed E-state index contributed by atoms with van der Waals surface area (Å²) in [7, 11) is -3.51. The van der Waals surface area contributed by atoms with Crippen molar-refractivity contribution in [2.75, 3.05) is 26.0 Å². The van der Waals surface area contributed by atoms with Gasteiger partial charge in [-0.1, -0.05) is 18.2 Å². The highest BCUT2D eigenvalue weighted by Crippen LogP contribution is 2.45. The molecule has 1 saturated carbocycles. The van der Waals surface area contributed by atoms with Crippen molar-refractivity contribution in [2.24, 2.45) is 5.41 Å². The van der Waals surface area contributed by atoms with Crippen molar-refractivity contribution in [3.63, 3.8) is 0 Å². The van der Waals surface area contributed by atoms with Crippen LogP contribution in [0.4, 0.5) is 0 Å². The largest absolute Gasteiger partial charge is 0.494 e. The van der Waals surface area contributed by atoms with Crippen LogP contribution in [0.3, 0.4) is 0 Å². The van der Waals surface area contributed by atoms with Crippen LogP contribution in [0.1, 0.15) is 30.1 Å². The molecule has 0 atom stereocenters. The summed E-state index contributed by atoms with van der Waals surface area (Å²) in [5, 5.41) is 3.73. The van der Waals surface area contributed by atoms with Gasteiger partial charge >= 0.3 is 0 Å². The van der Waals surface area contributed by atoms with Crippen LogP contribution in [0.15, 0.2) is 54.6 Å². The normalized spacial score (nSPS) is 14.8. The maximum absolute atomic E-state index is 13.1. The second-order valence-electron chi connectivity index (χ2n) is 8.18. The van der Waals surface area contributed by atoms with E-state index in [2.05, 4.69) is 5.32 Å². The van der Waals surface area contributed by atoms with Gasteiger partial charge in [0.05, 0.1) is 36.2 Å². The zero-order valence-corrected chi connectivity index (χ0v) is 18.9. The molecule has 3 aromatic rings. The highest BCUT2D eigenvalue weighted by atomic mass is 32.2. The van der Waals surface area contributed by atoms with Gasteiger partial charge in [0.15, 0.2) is 0 Å². The molecule has 4 rings (SSSR count). The molecule has 7 nitrogen and oxygen atoms in total. The number of pyridine rings is 1. The minimum Gasteiger partial charge on any atom is -0.494 e. The molecule has 0 radical (unpaired) electrons. The molecule has 1 aliphatic carbocycles. The molecule has 2 aromatic carbocycles. The molecule has 0 unspecified atom stereocenters. The van der Waals surface area contributed by atoms with Crippen molar-refractivity contribution in [3.8, 4) is 17.0 Å². The number of rotatable bonds is 9. The molecule has 1 N–H and O–H groups in total. The number of amides is 1. The average molecular weight is 455 g/mol. The SMILES string of the molecule is CCOc1ccc(-c2cc(C(=O)NCC3(COS(C)(=O)=O)CC3)c3ccccc3n2)cc1. The summed E-state index contributed by atoms with van der Waals surface area (Å²) in [6.07, 6.45) is 2.67. The molecule has 0 aliphatic heterocycles. The topological polar surface area (TPSA) is 94.6 Å². The summed E-state index contributed by atoms with van der Waals surface area (Å²) in [6, 6.07) is 16.9. The number of fused-ring (bicyclic) bond motifs is 1. The lowest BCUT2D eigenvalue weighted by Crippen LogP contribution is -2.33. The Morgan fingerprint density at radius 1 is 1.12 bits per heavy atom. The maximum atomic E-state index is 13.1. The van der Waals surface area contributed by atoms with Crippen molar-refractivity contribution in [3.05, 3.63) is 60.2 Å². The molecule has 0 saturated heterocycles. The van der Waals surface area contributed by atoms with Gasteiger partial charge in [-0.15, -0.1) is 0 Å². The molecule has 32 heavy (non-hydrogen) atoms. The molecule has 168 valence electrons. The maximum Gasteiger partial charge on any atom is 0.264 e. The molecular weight excluding hydrogens is 428 g/mol. The van der Waals surface area contributed by atoms with Crippen LogP contribution in [0.25, 0.3) is 22.2 Å². The van der Waals surface area contributed by atoms with Gasteiger partial charge in [0.2, 0.25) is 0 Å². The van der Waals surface area contributed by atoms with Crippen LogP contribution in [-0.4, -0.2) is 45.3 Å². The number of benzene rings is 2. The van der Waals surface area contributed by atoms with Gasteiger partial charge in [0.1, 0.15) is 5.75 Å². The van der Waals surface area contributed by atoms with Gasteiger partial charge < -0.3 is 10.1 Å². The van der Waals surface area contributed by atoms with E-state index in [1.807, 2.05) is 55.5 Å². The third-order valence-corrected chi connectivity index (χ3v) is 6.13. The first-order chi connectivity index (χ1) is 15.3. The molecule has 8 heteroatoms. The Bertz CT molecular complexity index is 1230. The zero-order chi connectivity index (χ0) is 22.8. The molecule has 1 amide bonds. The van der Waals surface area contributed by atoms with Crippen molar-refractivity contribution in [2.45, 2.75) is 19.8 Å². The van der Waals surface area contributed by atoms with Gasteiger partial charge in [-0.25, -0.2) is 4.98 Å². The van der Waals surface area contributed by atoms with Crippen LogP contribution in [0.5, 0.6) is 5.75 Å². The summed E-state index contributed by atoms with van der Waals surface area (Å²) in [5.41, 5.74) is 2.51. The average Bonchev–Trinajstić information content (AvgIpc) is 3.56. The lowest BCUT2D eigenvalue weighted by Gasteiger charge is -2.16. The van der Waals surface area contributed by atoms with Gasteiger partial charge in [0.25, 0.3) is 16.0 Å². The van der Waals surface area contributed by atoms with Crippen LogP contribution >= 0.6 is 0 Å². The second kappa shape index (κ2) is 8.88. The highest BCUT2D eigenvalue weighted by Gasteiger charge is 2.44. The van der Waals surface area contributed by atoms with Gasteiger partial charge in [0, 0.05) is 22.9 Å². The fourth-order valence-electron chi connectivity index (χ4n) is 3.54. The number of hydrogen-bond acceptors (Lipinski definition) is 6. The Balaban J connectivity index is 1.58. The number of carbonyl (C=O) groups is 1. The van der Waals surface area contributed by atoms with E-state index in [0.29, 0.717) is 24.4 Å². The number of nitrogens with zero attached hydrogens (tertiary/aromatic N) is 1. The quantitative estimate of drug-likeness (QED) is 0.495. The van der Waals surface area contributed by atoms with E-state index in [0.717, 1.165) is 41.3 Å². The van der Waals surface area contributed by atoms with Crippen LogP contribution in [0, 0.1) is 5.41 Å². The van der Waals surface area contributed by atoms with Crippen LogP contribution in [0.2, 0.25) is 0 Å². The summed E-state index contributed by atoms with van der Waals surface area (Å²) in [4.78, 5) is 17.9. The number of aromatic nitrogens is 1. The Morgan fingerprint density at radius 2 is 1.84 bits per heavy atom. The third kappa shape index (κ3) is 5.26. The first-order valence-corrected chi connectivity index (χ1v) is 12.4. The Kier molecular flexibility index (Phi) is 6.17.